The molecule has 1 saturated heterocycles. The lowest BCUT2D eigenvalue weighted by Gasteiger charge is -2.37. The molecule has 1 aromatic heterocycles. The average molecular weight is 277 g/mol. The Morgan fingerprint density at radius 2 is 1.65 bits per heavy atom. The van der Waals surface area contributed by atoms with E-state index in [1.165, 1.54) is 17.0 Å². The summed E-state index contributed by atoms with van der Waals surface area (Å²) in [5, 5.41) is 3.46. The fourth-order valence-corrected chi connectivity index (χ4v) is 3.83. The van der Waals surface area contributed by atoms with E-state index in [9.17, 15) is 0 Å². The van der Waals surface area contributed by atoms with Gasteiger partial charge >= 0.3 is 0 Å². The second kappa shape index (κ2) is 6.31. The number of aryl methyl sites for hydroxylation is 1. The number of rotatable bonds is 4. The second-order valence-electron chi connectivity index (χ2n) is 6.77. The first kappa shape index (κ1) is 15.6. The molecule has 0 spiro atoms. The molecule has 0 radical (unpaired) electrons. The molecule has 0 amide bonds. The van der Waals surface area contributed by atoms with Crippen molar-refractivity contribution in [3.05, 3.63) is 23.0 Å². The normalized spacial score (nSPS) is 19.0. The van der Waals surface area contributed by atoms with Crippen molar-refractivity contribution in [1.82, 2.24) is 14.8 Å². The molecule has 0 aliphatic carbocycles. The van der Waals surface area contributed by atoms with Gasteiger partial charge in [-0.15, -0.1) is 0 Å². The summed E-state index contributed by atoms with van der Waals surface area (Å²) in [6.45, 7) is 18.4. The van der Waals surface area contributed by atoms with Gasteiger partial charge < -0.3 is 9.88 Å². The maximum atomic E-state index is 3.46. The third-order valence-corrected chi connectivity index (χ3v) is 4.54. The van der Waals surface area contributed by atoms with Crippen LogP contribution >= 0.6 is 0 Å². The predicted molar refractivity (Wildman–Crippen MR) is 86.3 cm³/mol. The first-order valence-electron chi connectivity index (χ1n) is 8.06. The van der Waals surface area contributed by atoms with E-state index in [2.05, 4.69) is 62.4 Å². The van der Waals surface area contributed by atoms with E-state index < -0.39 is 0 Å². The number of nitrogens with one attached hydrogen (secondary N) is 1. The molecule has 1 atom stereocenters. The predicted octanol–water partition coefficient (Wildman–Crippen LogP) is 3.29. The highest BCUT2D eigenvalue weighted by Crippen LogP contribution is 2.34. The molecule has 114 valence electrons. The third-order valence-electron chi connectivity index (χ3n) is 4.54. The Bertz CT molecular complexity index is 439. The molecular formula is C17H31N3. The van der Waals surface area contributed by atoms with E-state index in [-0.39, 0.29) is 0 Å². The molecule has 20 heavy (non-hydrogen) atoms. The van der Waals surface area contributed by atoms with Gasteiger partial charge in [-0.05, 0) is 45.2 Å². The van der Waals surface area contributed by atoms with Crippen molar-refractivity contribution >= 4 is 0 Å². The van der Waals surface area contributed by atoms with Crippen molar-refractivity contribution < 1.29 is 0 Å². The summed E-state index contributed by atoms with van der Waals surface area (Å²) in [5.74, 6) is 0.647. The van der Waals surface area contributed by atoms with E-state index >= 15 is 0 Å². The molecule has 2 heterocycles. The van der Waals surface area contributed by atoms with Crippen LogP contribution in [0.15, 0.2) is 6.07 Å². The molecule has 1 unspecified atom stereocenters. The van der Waals surface area contributed by atoms with Gasteiger partial charge in [-0.1, -0.05) is 13.8 Å². The van der Waals surface area contributed by atoms with Crippen molar-refractivity contribution in [2.45, 2.75) is 53.6 Å². The highest BCUT2D eigenvalue weighted by Gasteiger charge is 2.28. The number of piperazine rings is 1. The van der Waals surface area contributed by atoms with Crippen LogP contribution in [0.25, 0.3) is 0 Å². The fourth-order valence-electron chi connectivity index (χ4n) is 3.83. The van der Waals surface area contributed by atoms with Crippen LogP contribution in [-0.2, 0) is 0 Å². The zero-order valence-electron chi connectivity index (χ0n) is 14.0. The van der Waals surface area contributed by atoms with E-state index in [4.69, 9.17) is 0 Å². The Morgan fingerprint density at radius 1 is 1.05 bits per heavy atom. The third kappa shape index (κ3) is 2.94. The minimum Gasteiger partial charge on any atom is -0.346 e. The minimum absolute atomic E-state index is 0.541. The molecule has 3 nitrogen and oxygen atoms in total. The quantitative estimate of drug-likeness (QED) is 0.911. The molecule has 2 rings (SSSR count). The number of aromatic nitrogens is 1. The Balaban J connectivity index is 2.37. The number of hydrogen-bond acceptors (Lipinski definition) is 2. The van der Waals surface area contributed by atoms with Crippen LogP contribution in [0, 0.1) is 19.8 Å². The van der Waals surface area contributed by atoms with Crippen molar-refractivity contribution in [3.8, 4) is 0 Å². The van der Waals surface area contributed by atoms with Crippen molar-refractivity contribution in [3.63, 3.8) is 0 Å². The Labute approximate surface area is 124 Å². The van der Waals surface area contributed by atoms with Gasteiger partial charge in [-0.3, -0.25) is 4.90 Å². The lowest BCUT2D eigenvalue weighted by molar-refractivity contribution is 0.136. The Hall–Kier alpha value is -0.800. The molecular weight excluding hydrogens is 246 g/mol. The first-order valence-corrected chi connectivity index (χ1v) is 8.06. The highest BCUT2D eigenvalue weighted by atomic mass is 15.2. The zero-order chi connectivity index (χ0) is 14.9. The molecule has 0 bridgehead atoms. The molecule has 0 aromatic carbocycles. The molecule has 1 aliphatic heterocycles. The summed E-state index contributed by atoms with van der Waals surface area (Å²) in [4.78, 5) is 2.66. The van der Waals surface area contributed by atoms with Gasteiger partial charge in [0.15, 0.2) is 0 Å². The lowest BCUT2D eigenvalue weighted by Crippen LogP contribution is -2.46. The second-order valence-corrected chi connectivity index (χ2v) is 6.77. The van der Waals surface area contributed by atoms with Gasteiger partial charge in [0.2, 0.25) is 0 Å². The van der Waals surface area contributed by atoms with Gasteiger partial charge in [-0.25, -0.2) is 0 Å². The van der Waals surface area contributed by atoms with E-state index in [1.54, 1.807) is 0 Å². The molecule has 1 aromatic rings. The summed E-state index contributed by atoms with van der Waals surface area (Å²) in [7, 11) is 0. The van der Waals surface area contributed by atoms with Crippen molar-refractivity contribution in [2.24, 2.45) is 5.92 Å². The summed E-state index contributed by atoms with van der Waals surface area (Å²) < 4.78 is 2.48. The van der Waals surface area contributed by atoms with E-state index in [0.29, 0.717) is 18.0 Å². The van der Waals surface area contributed by atoms with Gasteiger partial charge in [-0.2, -0.15) is 0 Å². The van der Waals surface area contributed by atoms with Crippen LogP contribution < -0.4 is 5.32 Å². The fraction of sp³-hybridized carbons (Fsp3) is 0.765. The van der Waals surface area contributed by atoms with Crippen LogP contribution in [0.5, 0.6) is 0 Å². The van der Waals surface area contributed by atoms with Crippen molar-refractivity contribution in [2.75, 3.05) is 26.2 Å². The van der Waals surface area contributed by atoms with Crippen LogP contribution in [-0.4, -0.2) is 35.6 Å². The van der Waals surface area contributed by atoms with Gasteiger partial charge in [0.05, 0.1) is 0 Å². The maximum Gasteiger partial charge on any atom is 0.0389 e. The summed E-state index contributed by atoms with van der Waals surface area (Å²) >= 11 is 0. The van der Waals surface area contributed by atoms with Gasteiger partial charge in [0, 0.05) is 49.7 Å². The van der Waals surface area contributed by atoms with E-state index in [1.807, 2.05) is 0 Å². The number of hydrogen-bond donors (Lipinski definition) is 1. The molecule has 3 heteroatoms. The molecule has 1 fully saturated rings. The Morgan fingerprint density at radius 3 is 2.10 bits per heavy atom. The van der Waals surface area contributed by atoms with Crippen molar-refractivity contribution in [1.29, 1.82) is 0 Å². The van der Waals surface area contributed by atoms with Gasteiger partial charge in [0.25, 0.3) is 0 Å². The zero-order valence-corrected chi connectivity index (χ0v) is 14.0. The maximum absolute atomic E-state index is 3.46. The summed E-state index contributed by atoms with van der Waals surface area (Å²) in [6, 6.07) is 3.51. The average Bonchev–Trinajstić information content (AvgIpc) is 2.66. The van der Waals surface area contributed by atoms with Gasteiger partial charge in [0.1, 0.15) is 0 Å². The Kier molecular flexibility index (Phi) is 4.92. The van der Waals surface area contributed by atoms with Crippen LogP contribution in [0.3, 0.4) is 0 Å². The van der Waals surface area contributed by atoms with Crippen LogP contribution in [0.1, 0.15) is 56.7 Å². The summed E-state index contributed by atoms with van der Waals surface area (Å²) in [6.07, 6.45) is 0. The summed E-state index contributed by atoms with van der Waals surface area (Å²) in [5.41, 5.74) is 4.39. The lowest BCUT2D eigenvalue weighted by atomic mass is 9.94. The SMILES string of the molecule is Cc1cc(C(C(C)C)N2CCNCC2)c(C)n1C(C)C. The minimum atomic E-state index is 0.541. The smallest absolute Gasteiger partial charge is 0.0389 e. The topological polar surface area (TPSA) is 20.2 Å². The van der Waals surface area contributed by atoms with E-state index in [0.717, 1.165) is 26.2 Å². The molecule has 1 aliphatic rings. The molecule has 1 N–H and O–H groups in total. The van der Waals surface area contributed by atoms with Crippen LogP contribution in [0.2, 0.25) is 0 Å². The largest absolute Gasteiger partial charge is 0.346 e. The molecule has 0 saturated carbocycles. The standard InChI is InChI=1S/C17H31N3/c1-12(2)17(19-9-7-18-8-10-19)16-11-14(5)20(13(3)4)15(16)6/h11-13,17-18H,7-10H2,1-6H3. The monoisotopic (exact) mass is 277 g/mol. The number of nitrogens with zero attached hydrogens (tertiary/aromatic N) is 2. The highest BCUT2D eigenvalue weighted by molar-refractivity contribution is 5.31. The first-order chi connectivity index (χ1) is 9.43. The van der Waals surface area contributed by atoms with Crippen LogP contribution in [0.4, 0.5) is 0 Å².